The van der Waals surface area contributed by atoms with Gasteiger partial charge in [-0.15, -0.1) is 0 Å². The van der Waals surface area contributed by atoms with Gasteiger partial charge < -0.3 is 10.4 Å². The van der Waals surface area contributed by atoms with E-state index in [1.807, 2.05) is 0 Å². The van der Waals surface area contributed by atoms with Crippen LogP contribution < -0.4 is 5.32 Å². The molecule has 0 unspecified atom stereocenters. The highest BCUT2D eigenvalue weighted by Gasteiger charge is 2.17. The third-order valence-electron chi connectivity index (χ3n) is 3.63. The average molecular weight is 296 g/mol. The molecule has 0 spiro atoms. The van der Waals surface area contributed by atoms with Crippen molar-refractivity contribution in [2.75, 3.05) is 5.32 Å². The lowest BCUT2D eigenvalue weighted by Gasteiger charge is -2.20. The second-order valence-electron chi connectivity index (χ2n) is 5.29. The molecule has 0 saturated heterocycles. The fourth-order valence-electron chi connectivity index (χ4n) is 2.65. The normalized spacial score (nSPS) is 15.8. The molecule has 0 aromatic heterocycles. The average Bonchev–Trinajstić information content (AvgIpc) is 2.38. The molecule has 5 heteroatoms. The maximum atomic E-state index is 12.0. The van der Waals surface area contributed by atoms with E-state index < -0.39 is 5.97 Å². The minimum absolute atomic E-state index is 0.0736. The number of carbonyl (C=O) groups is 2. The van der Waals surface area contributed by atoms with Crippen LogP contribution in [0.2, 0.25) is 5.02 Å². The number of hydrogen-bond acceptors (Lipinski definition) is 2. The van der Waals surface area contributed by atoms with Crippen molar-refractivity contribution in [3.63, 3.8) is 0 Å². The Bertz CT molecular complexity index is 510. The zero-order valence-electron chi connectivity index (χ0n) is 11.2. The highest BCUT2D eigenvalue weighted by atomic mass is 35.5. The summed E-state index contributed by atoms with van der Waals surface area (Å²) in [4.78, 5) is 22.9. The van der Waals surface area contributed by atoms with Crippen molar-refractivity contribution in [1.82, 2.24) is 0 Å². The Labute approximate surface area is 123 Å². The Hall–Kier alpha value is -1.55. The number of nitrogens with one attached hydrogen (secondary N) is 1. The minimum Gasteiger partial charge on any atom is -0.478 e. The van der Waals surface area contributed by atoms with Gasteiger partial charge in [0, 0.05) is 17.1 Å². The third-order valence-corrected chi connectivity index (χ3v) is 3.85. The third kappa shape index (κ3) is 4.23. The number of hydrogen-bond donors (Lipinski definition) is 2. The second kappa shape index (κ2) is 6.75. The summed E-state index contributed by atoms with van der Waals surface area (Å²) in [6, 6.07) is 4.35. The molecule has 4 nitrogen and oxygen atoms in total. The first-order chi connectivity index (χ1) is 9.54. The second-order valence-corrected chi connectivity index (χ2v) is 5.73. The number of benzene rings is 1. The van der Waals surface area contributed by atoms with Crippen molar-refractivity contribution in [3.05, 3.63) is 28.8 Å². The Morgan fingerprint density at radius 2 is 1.90 bits per heavy atom. The van der Waals surface area contributed by atoms with Crippen LogP contribution in [0.3, 0.4) is 0 Å². The summed E-state index contributed by atoms with van der Waals surface area (Å²) in [5, 5.41) is 12.0. The van der Waals surface area contributed by atoms with Crippen LogP contribution in [-0.2, 0) is 4.79 Å². The zero-order valence-corrected chi connectivity index (χ0v) is 11.9. The van der Waals surface area contributed by atoms with Crippen LogP contribution in [0.1, 0.15) is 48.9 Å². The molecule has 1 aliphatic rings. The lowest BCUT2D eigenvalue weighted by atomic mass is 9.87. The molecule has 20 heavy (non-hydrogen) atoms. The van der Waals surface area contributed by atoms with Gasteiger partial charge in [0.05, 0.1) is 5.56 Å². The summed E-state index contributed by atoms with van der Waals surface area (Å²) in [6.45, 7) is 0. The number of aromatic carboxylic acids is 1. The first kappa shape index (κ1) is 14.9. The van der Waals surface area contributed by atoms with Gasteiger partial charge in [0.25, 0.3) is 0 Å². The molecule has 1 aromatic carbocycles. The number of anilines is 1. The smallest absolute Gasteiger partial charge is 0.335 e. The SMILES string of the molecule is O=C(CC1CCCCC1)Nc1cc(Cl)cc(C(=O)O)c1. The molecule has 1 amide bonds. The van der Waals surface area contributed by atoms with Gasteiger partial charge in [-0.05, 0) is 37.0 Å². The van der Waals surface area contributed by atoms with Crippen LogP contribution in [0, 0.1) is 5.92 Å². The first-order valence-electron chi connectivity index (χ1n) is 6.88. The van der Waals surface area contributed by atoms with Crippen LogP contribution in [0.5, 0.6) is 0 Å². The van der Waals surface area contributed by atoms with E-state index in [1.54, 1.807) is 6.07 Å². The Balaban J connectivity index is 1.98. The van der Waals surface area contributed by atoms with E-state index in [0.717, 1.165) is 12.8 Å². The van der Waals surface area contributed by atoms with Gasteiger partial charge in [-0.1, -0.05) is 30.9 Å². The molecule has 2 N–H and O–H groups in total. The molecule has 0 radical (unpaired) electrons. The fourth-order valence-corrected chi connectivity index (χ4v) is 2.89. The molecule has 0 bridgehead atoms. The van der Waals surface area contributed by atoms with Crippen molar-refractivity contribution in [1.29, 1.82) is 0 Å². The standard InChI is InChI=1S/C15H18ClNO3/c16-12-7-11(15(19)20)8-13(9-12)17-14(18)6-10-4-2-1-3-5-10/h7-10H,1-6H2,(H,17,18)(H,19,20). The van der Waals surface area contributed by atoms with Crippen LogP contribution in [0.25, 0.3) is 0 Å². The maximum absolute atomic E-state index is 12.0. The summed E-state index contributed by atoms with van der Waals surface area (Å²) in [6.07, 6.45) is 6.34. The van der Waals surface area contributed by atoms with E-state index in [1.165, 1.54) is 31.4 Å². The quantitative estimate of drug-likeness (QED) is 0.884. The van der Waals surface area contributed by atoms with Gasteiger partial charge >= 0.3 is 5.97 Å². The summed E-state index contributed by atoms with van der Waals surface area (Å²) < 4.78 is 0. The van der Waals surface area contributed by atoms with Crippen LogP contribution in [0.4, 0.5) is 5.69 Å². The molecule has 0 aliphatic heterocycles. The van der Waals surface area contributed by atoms with Gasteiger partial charge in [-0.2, -0.15) is 0 Å². The molecular weight excluding hydrogens is 278 g/mol. The molecular formula is C15H18ClNO3. The number of rotatable bonds is 4. The highest BCUT2D eigenvalue weighted by Crippen LogP contribution is 2.27. The van der Waals surface area contributed by atoms with Gasteiger partial charge in [0.15, 0.2) is 0 Å². The predicted molar refractivity (Wildman–Crippen MR) is 78.2 cm³/mol. The van der Waals surface area contributed by atoms with Crippen LogP contribution >= 0.6 is 11.6 Å². The van der Waals surface area contributed by atoms with Crippen LogP contribution in [-0.4, -0.2) is 17.0 Å². The number of carboxylic acids is 1. The van der Waals surface area contributed by atoms with Gasteiger partial charge in [-0.25, -0.2) is 4.79 Å². The van der Waals surface area contributed by atoms with E-state index in [0.29, 0.717) is 23.0 Å². The molecule has 1 fully saturated rings. The van der Waals surface area contributed by atoms with Gasteiger partial charge in [0.2, 0.25) is 5.91 Å². The van der Waals surface area contributed by atoms with Crippen molar-refractivity contribution >= 4 is 29.2 Å². The van der Waals surface area contributed by atoms with E-state index in [4.69, 9.17) is 16.7 Å². The summed E-state index contributed by atoms with van der Waals surface area (Å²) in [5.41, 5.74) is 0.515. The number of amides is 1. The molecule has 1 aromatic rings. The summed E-state index contributed by atoms with van der Waals surface area (Å²) in [7, 11) is 0. The maximum Gasteiger partial charge on any atom is 0.335 e. The highest BCUT2D eigenvalue weighted by molar-refractivity contribution is 6.31. The summed E-state index contributed by atoms with van der Waals surface area (Å²) >= 11 is 5.85. The zero-order chi connectivity index (χ0) is 14.5. The molecule has 108 valence electrons. The number of halogens is 1. The van der Waals surface area contributed by atoms with Crippen molar-refractivity contribution < 1.29 is 14.7 Å². The predicted octanol–water partition coefficient (Wildman–Crippen LogP) is 3.95. The monoisotopic (exact) mass is 295 g/mol. The fraction of sp³-hybridized carbons (Fsp3) is 0.467. The minimum atomic E-state index is -1.06. The Kier molecular flexibility index (Phi) is 5.01. The number of carboxylic acid groups (broad SMARTS) is 1. The summed E-state index contributed by atoms with van der Waals surface area (Å²) in [5.74, 6) is -0.687. The molecule has 1 saturated carbocycles. The first-order valence-corrected chi connectivity index (χ1v) is 7.26. The van der Waals surface area contributed by atoms with Crippen molar-refractivity contribution in [3.8, 4) is 0 Å². The lowest BCUT2D eigenvalue weighted by molar-refractivity contribution is -0.117. The van der Waals surface area contributed by atoms with Gasteiger partial charge in [0.1, 0.15) is 0 Å². The molecule has 0 heterocycles. The van der Waals surface area contributed by atoms with Crippen molar-refractivity contribution in [2.45, 2.75) is 38.5 Å². The van der Waals surface area contributed by atoms with E-state index in [2.05, 4.69) is 5.32 Å². The van der Waals surface area contributed by atoms with E-state index in [-0.39, 0.29) is 11.5 Å². The Morgan fingerprint density at radius 3 is 2.55 bits per heavy atom. The molecule has 1 aliphatic carbocycles. The van der Waals surface area contributed by atoms with Gasteiger partial charge in [-0.3, -0.25) is 4.79 Å². The Morgan fingerprint density at radius 1 is 1.20 bits per heavy atom. The topological polar surface area (TPSA) is 66.4 Å². The van der Waals surface area contributed by atoms with Crippen LogP contribution in [0.15, 0.2) is 18.2 Å². The van der Waals surface area contributed by atoms with E-state index >= 15 is 0 Å². The van der Waals surface area contributed by atoms with E-state index in [9.17, 15) is 9.59 Å². The number of carbonyl (C=O) groups excluding carboxylic acids is 1. The lowest BCUT2D eigenvalue weighted by Crippen LogP contribution is -2.18. The molecule has 0 atom stereocenters. The molecule has 2 rings (SSSR count). The van der Waals surface area contributed by atoms with Crippen molar-refractivity contribution in [2.24, 2.45) is 5.92 Å². The largest absolute Gasteiger partial charge is 0.478 e.